The first-order chi connectivity index (χ1) is 8.60. The lowest BCUT2D eigenvalue weighted by atomic mass is 9.93. The number of piperidine rings is 1. The van der Waals surface area contributed by atoms with E-state index in [-0.39, 0.29) is 17.7 Å². The zero-order valence-electron chi connectivity index (χ0n) is 11.5. The van der Waals surface area contributed by atoms with Crippen molar-refractivity contribution in [2.24, 2.45) is 11.8 Å². The first-order valence-corrected chi connectivity index (χ1v) is 7.11. The molecule has 18 heavy (non-hydrogen) atoms. The zero-order valence-corrected chi connectivity index (χ0v) is 11.5. The fourth-order valence-corrected chi connectivity index (χ4v) is 2.69. The number of amides is 1. The van der Waals surface area contributed by atoms with Crippen LogP contribution in [0.5, 0.6) is 0 Å². The molecule has 4 nitrogen and oxygen atoms in total. The van der Waals surface area contributed by atoms with E-state index in [1.54, 1.807) is 0 Å². The summed E-state index contributed by atoms with van der Waals surface area (Å²) in [7, 11) is 0. The second-order valence-corrected chi connectivity index (χ2v) is 5.21. The van der Waals surface area contributed by atoms with Gasteiger partial charge in [-0.25, -0.2) is 0 Å². The van der Waals surface area contributed by atoms with Gasteiger partial charge in [-0.1, -0.05) is 26.7 Å². The first-order valence-electron chi connectivity index (χ1n) is 7.11. The number of hydrogen-bond acceptors (Lipinski definition) is 2. The molecule has 0 atom stereocenters. The number of carboxylic acids is 1. The monoisotopic (exact) mass is 255 g/mol. The van der Waals surface area contributed by atoms with Crippen LogP contribution in [0.15, 0.2) is 0 Å². The second-order valence-electron chi connectivity index (χ2n) is 5.21. The normalized spacial score (nSPS) is 17.2. The molecule has 1 heterocycles. The van der Waals surface area contributed by atoms with Gasteiger partial charge in [0, 0.05) is 19.0 Å². The maximum Gasteiger partial charge on any atom is 0.306 e. The molecule has 1 N–H and O–H groups in total. The van der Waals surface area contributed by atoms with Crippen LogP contribution in [-0.2, 0) is 9.59 Å². The number of carbonyl (C=O) groups excluding carboxylic acids is 1. The molecule has 1 aliphatic rings. The predicted molar refractivity (Wildman–Crippen MR) is 70.2 cm³/mol. The van der Waals surface area contributed by atoms with Crippen LogP contribution in [0, 0.1) is 11.8 Å². The van der Waals surface area contributed by atoms with Crippen LogP contribution < -0.4 is 0 Å². The summed E-state index contributed by atoms with van der Waals surface area (Å²) in [6.45, 7) is 5.43. The summed E-state index contributed by atoms with van der Waals surface area (Å²) in [6, 6.07) is 0. The van der Waals surface area contributed by atoms with Gasteiger partial charge in [-0.2, -0.15) is 0 Å². The number of carboxylic acid groups (broad SMARTS) is 1. The highest BCUT2D eigenvalue weighted by Crippen LogP contribution is 2.22. The van der Waals surface area contributed by atoms with Gasteiger partial charge in [0.2, 0.25) is 5.91 Å². The van der Waals surface area contributed by atoms with E-state index in [4.69, 9.17) is 5.11 Å². The van der Waals surface area contributed by atoms with Gasteiger partial charge in [-0.15, -0.1) is 0 Å². The molecule has 0 aromatic heterocycles. The Morgan fingerprint density at radius 2 is 1.67 bits per heavy atom. The smallest absolute Gasteiger partial charge is 0.306 e. The minimum atomic E-state index is -0.722. The third-order valence-corrected chi connectivity index (χ3v) is 3.78. The molecule has 0 saturated carbocycles. The highest BCUT2D eigenvalue weighted by molar-refractivity contribution is 5.79. The zero-order chi connectivity index (χ0) is 13.5. The molecule has 4 heteroatoms. The van der Waals surface area contributed by atoms with Crippen LogP contribution in [0.25, 0.3) is 0 Å². The Bertz CT molecular complexity index is 277. The minimum absolute atomic E-state index is 0.140. The van der Waals surface area contributed by atoms with Crippen LogP contribution in [0.4, 0.5) is 0 Å². The summed E-state index contributed by atoms with van der Waals surface area (Å²) < 4.78 is 0. The second kappa shape index (κ2) is 7.39. The van der Waals surface area contributed by atoms with Crippen LogP contribution >= 0.6 is 0 Å². The van der Waals surface area contributed by atoms with E-state index in [0.29, 0.717) is 25.9 Å². The maximum absolute atomic E-state index is 12.3. The maximum atomic E-state index is 12.3. The number of hydrogen-bond donors (Lipinski definition) is 1. The third-order valence-electron chi connectivity index (χ3n) is 3.78. The van der Waals surface area contributed by atoms with Crippen molar-refractivity contribution in [1.29, 1.82) is 0 Å². The van der Waals surface area contributed by atoms with E-state index >= 15 is 0 Å². The van der Waals surface area contributed by atoms with Crippen LogP contribution in [0.3, 0.4) is 0 Å². The van der Waals surface area contributed by atoms with E-state index in [2.05, 4.69) is 13.8 Å². The van der Waals surface area contributed by atoms with Crippen molar-refractivity contribution in [2.75, 3.05) is 13.1 Å². The molecule has 104 valence electrons. The quantitative estimate of drug-likeness (QED) is 0.793. The Morgan fingerprint density at radius 1 is 1.17 bits per heavy atom. The lowest BCUT2D eigenvalue weighted by molar-refractivity contribution is -0.146. The van der Waals surface area contributed by atoms with Gasteiger partial charge in [0.25, 0.3) is 0 Å². The standard InChI is InChI=1S/C14H25NO3/c1-3-5-11(6-4-2)13(16)15-9-7-12(8-10-15)14(17)18/h11-12H,3-10H2,1-2H3,(H,17,18). The summed E-state index contributed by atoms with van der Waals surface area (Å²) in [6.07, 6.45) is 5.17. The fraction of sp³-hybridized carbons (Fsp3) is 0.857. The molecule has 0 unspecified atom stereocenters. The van der Waals surface area contributed by atoms with Crippen molar-refractivity contribution in [3.63, 3.8) is 0 Å². The Labute approximate surface area is 109 Å². The van der Waals surface area contributed by atoms with Crippen molar-refractivity contribution < 1.29 is 14.7 Å². The molecule has 0 spiro atoms. The Kier molecular flexibility index (Phi) is 6.16. The Hall–Kier alpha value is -1.06. The van der Waals surface area contributed by atoms with Gasteiger partial charge in [-0.3, -0.25) is 9.59 Å². The molecule has 1 rings (SSSR count). The number of carbonyl (C=O) groups is 2. The molecule has 1 fully saturated rings. The van der Waals surface area contributed by atoms with Crippen LogP contribution in [0.2, 0.25) is 0 Å². The molecular formula is C14H25NO3. The molecule has 1 amide bonds. The van der Waals surface area contributed by atoms with E-state index in [1.807, 2.05) is 4.90 Å². The van der Waals surface area contributed by atoms with Gasteiger partial charge < -0.3 is 10.0 Å². The summed E-state index contributed by atoms with van der Waals surface area (Å²) in [5.74, 6) is -0.602. The van der Waals surface area contributed by atoms with Gasteiger partial charge in [0.15, 0.2) is 0 Å². The molecule has 0 bridgehead atoms. The molecule has 0 aliphatic carbocycles. The van der Waals surface area contributed by atoms with Crippen molar-refractivity contribution in [3.05, 3.63) is 0 Å². The van der Waals surface area contributed by atoms with E-state index in [1.165, 1.54) is 0 Å². The van der Waals surface area contributed by atoms with Crippen molar-refractivity contribution in [3.8, 4) is 0 Å². The average Bonchev–Trinajstić information content (AvgIpc) is 2.38. The number of aliphatic carboxylic acids is 1. The minimum Gasteiger partial charge on any atom is -0.481 e. The molecular weight excluding hydrogens is 230 g/mol. The molecule has 0 aromatic carbocycles. The first kappa shape index (κ1) is 15.0. The summed E-state index contributed by atoms with van der Waals surface area (Å²) in [5.41, 5.74) is 0. The Morgan fingerprint density at radius 3 is 2.06 bits per heavy atom. The number of likely N-dealkylation sites (tertiary alicyclic amines) is 1. The fourth-order valence-electron chi connectivity index (χ4n) is 2.69. The molecule has 1 aliphatic heterocycles. The van der Waals surface area contributed by atoms with Crippen molar-refractivity contribution >= 4 is 11.9 Å². The van der Waals surface area contributed by atoms with E-state index in [9.17, 15) is 9.59 Å². The largest absolute Gasteiger partial charge is 0.481 e. The molecule has 0 aromatic rings. The van der Waals surface area contributed by atoms with Crippen LogP contribution in [-0.4, -0.2) is 35.0 Å². The average molecular weight is 255 g/mol. The summed E-state index contributed by atoms with van der Waals surface area (Å²) in [5, 5.41) is 8.94. The lowest BCUT2D eigenvalue weighted by Crippen LogP contribution is -2.43. The highest BCUT2D eigenvalue weighted by Gasteiger charge is 2.29. The Balaban J connectivity index is 2.49. The summed E-state index contributed by atoms with van der Waals surface area (Å²) >= 11 is 0. The van der Waals surface area contributed by atoms with E-state index < -0.39 is 5.97 Å². The van der Waals surface area contributed by atoms with Gasteiger partial charge in [0.1, 0.15) is 0 Å². The van der Waals surface area contributed by atoms with Crippen molar-refractivity contribution in [2.45, 2.75) is 52.4 Å². The predicted octanol–water partition coefficient (Wildman–Crippen LogP) is 2.53. The third kappa shape index (κ3) is 4.00. The summed E-state index contributed by atoms with van der Waals surface area (Å²) in [4.78, 5) is 25.1. The number of nitrogens with zero attached hydrogens (tertiary/aromatic N) is 1. The number of rotatable bonds is 6. The highest BCUT2D eigenvalue weighted by atomic mass is 16.4. The van der Waals surface area contributed by atoms with Crippen LogP contribution in [0.1, 0.15) is 52.4 Å². The van der Waals surface area contributed by atoms with Crippen molar-refractivity contribution in [1.82, 2.24) is 4.90 Å². The van der Waals surface area contributed by atoms with Gasteiger partial charge in [0.05, 0.1) is 5.92 Å². The van der Waals surface area contributed by atoms with Gasteiger partial charge >= 0.3 is 5.97 Å². The topological polar surface area (TPSA) is 57.6 Å². The van der Waals surface area contributed by atoms with E-state index in [0.717, 1.165) is 25.7 Å². The molecule has 1 saturated heterocycles. The van der Waals surface area contributed by atoms with Gasteiger partial charge in [-0.05, 0) is 25.7 Å². The lowest BCUT2D eigenvalue weighted by Gasteiger charge is -2.32. The molecule has 0 radical (unpaired) electrons. The SMILES string of the molecule is CCCC(CCC)C(=O)N1CCC(C(=O)O)CC1.